The summed E-state index contributed by atoms with van der Waals surface area (Å²) in [6, 6.07) is 60.3. The van der Waals surface area contributed by atoms with E-state index < -0.39 is 0 Å². The molecule has 0 saturated heterocycles. The third-order valence-corrected chi connectivity index (χ3v) is 9.43. The van der Waals surface area contributed by atoms with Gasteiger partial charge < -0.3 is 14.2 Å². The van der Waals surface area contributed by atoms with Crippen LogP contribution in [0.25, 0.3) is 61.7 Å². The van der Waals surface area contributed by atoms with Crippen molar-refractivity contribution in [3.05, 3.63) is 176 Å². The molecule has 0 atom stereocenters. The molecule has 3 heterocycles. The van der Waals surface area contributed by atoms with Crippen LogP contribution in [0.1, 0.15) is 0 Å². The lowest BCUT2D eigenvalue weighted by Gasteiger charge is -2.32. The van der Waals surface area contributed by atoms with E-state index in [-0.39, 0.29) is 0 Å². The summed E-state index contributed by atoms with van der Waals surface area (Å²) in [4.78, 5) is 17.0. The van der Waals surface area contributed by atoms with E-state index in [1.807, 2.05) is 84.9 Å². The Morgan fingerprint density at radius 3 is 1.45 bits per heavy atom. The van der Waals surface area contributed by atoms with Crippen molar-refractivity contribution in [2.45, 2.75) is 0 Å². The number of hydrogen-bond donors (Lipinski definition) is 0. The summed E-state index contributed by atoms with van der Waals surface area (Å²) < 4.78 is 8.62. The summed E-state index contributed by atoms with van der Waals surface area (Å²) in [7, 11) is 0. The van der Waals surface area contributed by atoms with Crippen molar-refractivity contribution in [3.8, 4) is 51.3 Å². The molecule has 240 valence electrons. The van der Waals surface area contributed by atoms with Crippen LogP contribution in [0.3, 0.4) is 0 Å². The van der Waals surface area contributed by atoms with Gasteiger partial charge >= 0.3 is 0 Å². The summed E-state index contributed by atoms with van der Waals surface area (Å²) in [5, 5.41) is 2.36. The van der Waals surface area contributed by atoms with Gasteiger partial charge in [0.25, 0.3) is 0 Å². The Labute approximate surface area is 294 Å². The van der Waals surface area contributed by atoms with Gasteiger partial charge in [0.2, 0.25) is 0 Å². The molecule has 6 heteroatoms. The number of hydrogen-bond acceptors (Lipinski definition) is 5. The average Bonchev–Trinajstić information content (AvgIpc) is 3.54. The molecule has 0 unspecified atom stereocenters. The number of benzene rings is 7. The highest BCUT2D eigenvalue weighted by atomic mass is 16.5. The van der Waals surface area contributed by atoms with Gasteiger partial charge in [-0.15, -0.1) is 0 Å². The third-order valence-electron chi connectivity index (χ3n) is 9.43. The molecule has 0 fully saturated rings. The minimum absolute atomic E-state index is 0.632. The quantitative estimate of drug-likeness (QED) is 0.185. The molecule has 1 aliphatic rings. The predicted octanol–water partition coefficient (Wildman–Crippen LogP) is 11.5. The molecule has 0 spiro atoms. The maximum Gasteiger partial charge on any atom is 0.164 e. The molecule has 2 aromatic heterocycles. The van der Waals surface area contributed by atoms with Crippen LogP contribution in [0.5, 0.6) is 11.5 Å². The largest absolute Gasteiger partial charge is 0.453 e. The van der Waals surface area contributed by atoms with E-state index in [0.717, 1.165) is 62.0 Å². The first-order valence-electron chi connectivity index (χ1n) is 17.0. The first-order valence-corrected chi connectivity index (χ1v) is 17.0. The average molecular weight is 656 g/mol. The molecule has 0 bridgehead atoms. The molecule has 6 nitrogen and oxygen atoms in total. The van der Waals surface area contributed by atoms with E-state index in [1.54, 1.807) is 0 Å². The molecule has 7 aromatic carbocycles. The highest BCUT2D eigenvalue weighted by Crippen LogP contribution is 2.50. The van der Waals surface area contributed by atoms with Crippen LogP contribution in [0.2, 0.25) is 0 Å². The lowest BCUT2D eigenvalue weighted by atomic mass is 10.1. The Morgan fingerprint density at radius 1 is 0.373 bits per heavy atom. The van der Waals surface area contributed by atoms with Crippen molar-refractivity contribution in [1.29, 1.82) is 0 Å². The van der Waals surface area contributed by atoms with Crippen molar-refractivity contribution in [1.82, 2.24) is 19.5 Å². The van der Waals surface area contributed by atoms with E-state index >= 15 is 0 Å². The van der Waals surface area contributed by atoms with E-state index in [2.05, 4.69) is 100 Å². The second kappa shape index (κ2) is 11.8. The molecule has 10 rings (SSSR count). The number of para-hydroxylation sites is 5. The van der Waals surface area contributed by atoms with Crippen LogP contribution in [-0.2, 0) is 0 Å². The zero-order valence-corrected chi connectivity index (χ0v) is 27.4. The fourth-order valence-corrected chi connectivity index (χ4v) is 7.06. The fourth-order valence-electron chi connectivity index (χ4n) is 7.06. The normalized spacial score (nSPS) is 12.0. The first kappa shape index (κ1) is 28.9. The second-order valence-corrected chi connectivity index (χ2v) is 12.5. The topological polar surface area (TPSA) is 56.1 Å². The molecule has 0 radical (unpaired) electrons. The van der Waals surface area contributed by atoms with Gasteiger partial charge in [0.05, 0.1) is 22.4 Å². The predicted molar refractivity (Wildman–Crippen MR) is 205 cm³/mol. The number of aromatic nitrogens is 4. The highest BCUT2D eigenvalue weighted by molar-refractivity contribution is 6.11. The maximum absolute atomic E-state index is 6.29. The van der Waals surface area contributed by atoms with Crippen LogP contribution in [0.4, 0.5) is 17.1 Å². The standard InChI is InChI=1S/C45H29N5O/c1-3-13-30(14-4-1)43-46-44(31-15-5-2-6-16-31)48-45(47-43)32-23-25-33(26-24-32)49-37-18-8-7-17-35(37)36-29-34(27-28-38(36)49)50-39-19-9-11-21-41(39)51-42-22-12-10-20-40(42)50/h1-29H. The fraction of sp³-hybridized carbons (Fsp3) is 0. The van der Waals surface area contributed by atoms with Gasteiger partial charge in [0, 0.05) is 38.8 Å². The van der Waals surface area contributed by atoms with Gasteiger partial charge in [-0.25, -0.2) is 15.0 Å². The van der Waals surface area contributed by atoms with E-state index in [4.69, 9.17) is 19.7 Å². The van der Waals surface area contributed by atoms with Crippen LogP contribution in [0.15, 0.2) is 176 Å². The minimum atomic E-state index is 0.632. The van der Waals surface area contributed by atoms with Crippen LogP contribution >= 0.6 is 0 Å². The number of nitrogens with zero attached hydrogens (tertiary/aromatic N) is 5. The van der Waals surface area contributed by atoms with E-state index in [9.17, 15) is 0 Å². The molecule has 9 aromatic rings. The number of ether oxygens (including phenoxy) is 1. The van der Waals surface area contributed by atoms with Gasteiger partial charge in [0.1, 0.15) is 0 Å². The molecule has 0 aliphatic carbocycles. The van der Waals surface area contributed by atoms with Crippen molar-refractivity contribution in [2.24, 2.45) is 0 Å². The SMILES string of the molecule is c1ccc(-c2nc(-c3ccccc3)nc(-c3ccc(-n4c5ccccc5c5cc(N6c7ccccc7Oc7ccccc76)ccc54)cc3)n2)cc1. The minimum Gasteiger partial charge on any atom is -0.453 e. The van der Waals surface area contributed by atoms with E-state index in [0.29, 0.717) is 17.5 Å². The van der Waals surface area contributed by atoms with Gasteiger partial charge in [0.15, 0.2) is 29.0 Å². The van der Waals surface area contributed by atoms with Crippen molar-refractivity contribution in [3.63, 3.8) is 0 Å². The molecule has 0 amide bonds. The van der Waals surface area contributed by atoms with Crippen LogP contribution in [-0.4, -0.2) is 19.5 Å². The number of anilines is 3. The zero-order valence-electron chi connectivity index (χ0n) is 27.4. The third kappa shape index (κ3) is 4.92. The van der Waals surface area contributed by atoms with Crippen LogP contribution in [0, 0.1) is 0 Å². The Hall–Kier alpha value is -7.05. The monoisotopic (exact) mass is 655 g/mol. The number of rotatable bonds is 5. The van der Waals surface area contributed by atoms with Crippen LogP contribution < -0.4 is 9.64 Å². The summed E-state index contributed by atoms with van der Waals surface area (Å²) in [6.07, 6.45) is 0. The Bertz CT molecular complexity index is 2620. The van der Waals surface area contributed by atoms with E-state index in [1.165, 1.54) is 10.8 Å². The molecule has 51 heavy (non-hydrogen) atoms. The van der Waals surface area contributed by atoms with Gasteiger partial charge in [-0.2, -0.15) is 0 Å². The molecule has 0 N–H and O–H groups in total. The second-order valence-electron chi connectivity index (χ2n) is 12.5. The molecular weight excluding hydrogens is 627 g/mol. The Morgan fingerprint density at radius 2 is 0.843 bits per heavy atom. The van der Waals surface area contributed by atoms with Crippen molar-refractivity contribution >= 4 is 38.9 Å². The van der Waals surface area contributed by atoms with Crippen molar-refractivity contribution < 1.29 is 4.74 Å². The molecular formula is C45H29N5O. The summed E-state index contributed by atoms with van der Waals surface area (Å²) >= 11 is 0. The van der Waals surface area contributed by atoms with Gasteiger partial charge in [-0.05, 0) is 72.8 Å². The molecule has 1 aliphatic heterocycles. The van der Waals surface area contributed by atoms with Gasteiger partial charge in [-0.1, -0.05) is 103 Å². The zero-order chi connectivity index (χ0) is 33.7. The smallest absolute Gasteiger partial charge is 0.164 e. The Balaban J connectivity index is 1.09. The lowest BCUT2D eigenvalue weighted by molar-refractivity contribution is 0.477. The first-order chi connectivity index (χ1) is 25.3. The molecule has 0 saturated carbocycles. The highest BCUT2D eigenvalue weighted by Gasteiger charge is 2.26. The maximum atomic E-state index is 6.29. The van der Waals surface area contributed by atoms with Gasteiger partial charge in [-0.3, -0.25) is 0 Å². The summed E-state index contributed by atoms with van der Waals surface area (Å²) in [5.41, 5.74) is 9.23. The lowest BCUT2D eigenvalue weighted by Crippen LogP contribution is -2.15. The number of fused-ring (bicyclic) bond motifs is 5. The Kier molecular flexibility index (Phi) is 6.70. The summed E-state index contributed by atoms with van der Waals surface area (Å²) in [5.74, 6) is 3.60. The summed E-state index contributed by atoms with van der Waals surface area (Å²) in [6.45, 7) is 0. The van der Waals surface area contributed by atoms with Crippen molar-refractivity contribution in [2.75, 3.05) is 4.90 Å².